The zero-order valence-electron chi connectivity index (χ0n) is 11.8. The number of rotatable bonds is 3. The fourth-order valence-electron chi connectivity index (χ4n) is 2.26. The molecule has 0 aliphatic rings. The molecule has 4 heteroatoms. The second-order valence-electron chi connectivity index (χ2n) is 5.72. The lowest BCUT2D eigenvalue weighted by atomic mass is 9.90. The first-order chi connectivity index (χ1) is 8.95. The number of hydrogen-bond donors (Lipinski definition) is 0. The number of carbonyl (C=O) groups excluding carboxylic acids is 1. The maximum Gasteiger partial charge on any atom is 0.172 e. The molecule has 0 saturated carbocycles. The Kier molecular flexibility index (Phi) is 3.51. The number of carbonyl (C=O) groups is 1. The van der Waals surface area contributed by atoms with Gasteiger partial charge in [0.05, 0.1) is 11.7 Å². The second-order valence-corrected chi connectivity index (χ2v) is 5.72. The molecular weight excluding hydrogens is 238 g/mol. The summed E-state index contributed by atoms with van der Waals surface area (Å²) in [4.78, 5) is 11.1. The van der Waals surface area contributed by atoms with Crippen molar-refractivity contribution in [3.05, 3.63) is 47.3 Å². The van der Waals surface area contributed by atoms with Crippen LogP contribution in [0.2, 0.25) is 0 Å². The summed E-state index contributed by atoms with van der Waals surface area (Å²) in [5.74, 6) is 0. The van der Waals surface area contributed by atoms with Gasteiger partial charge in [-0.25, -0.2) is 4.68 Å². The van der Waals surface area contributed by atoms with Gasteiger partial charge < -0.3 is 0 Å². The predicted octanol–water partition coefficient (Wildman–Crippen LogP) is 3.00. The zero-order valence-corrected chi connectivity index (χ0v) is 11.8. The highest BCUT2D eigenvalue weighted by Crippen LogP contribution is 2.28. The Bertz CT molecular complexity index is 567. The van der Waals surface area contributed by atoms with Crippen molar-refractivity contribution >= 4 is 6.29 Å². The largest absolute Gasteiger partial charge is 0.296 e. The van der Waals surface area contributed by atoms with Crippen LogP contribution in [-0.4, -0.2) is 21.3 Å². The van der Waals surface area contributed by atoms with Crippen LogP contribution in [0, 0.1) is 0 Å². The molecule has 1 unspecified atom stereocenters. The summed E-state index contributed by atoms with van der Waals surface area (Å²) in [6, 6.07) is 10.1. The van der Waals surface area contributed by atoms with Crippen LogP contribution in [0.4, 0.5) is 0 Å². The monoisotopic (exact) mass is 257 g/mol. The molecule has 2 aromatic rings. The molecule has 0 radical (unpaired) electrons. The van der Waals surface area contributed by atoms with E-state index in [-0.39, 0.29) is 11.5 Å². The summed E-state index contributed by atoms with van der Waals surface area (Å²) in [5.41, 5.74) is 2.27. The minimum Gasteiger partial charge on any atom is -0.296 e. The highest BCUT2D eigenvalue weighted by molar-refractivity contribution is 5.73. The van der Waals surface area contributed by atoms with Crippen molar-refractivity contribution in [1.29, 1.82) is 0 Å². The Balaban J connectivity index is 2.52. The molecule has 1 heterocycles. The molecule has 100 valence electrons. The lowest BCUT2D eigenvalue weighted by Gasteiger charge is -2.23. The minimum absolute atomic E-state index is 0.0524. The van der Waals surface area contributed by atoms with Gasteiger partial charge in [0.15, 0.2) is 6.29 Å². The van der Waals surface area contributed by atoms with E-state index < -0.39 is 0 Å². The Morgan fingerprint density at radius 2 is 1.84 bits per heavy atom. The first kappa shape index (κ1) is 13.5. The summed E-state index contributed by atoms with van der Waals surface area (Å²) in [5, 5.41) is 8.16. The molecule has 0 bridgehead atoms. The molecule has 0 N–H and O–H groups in total. The fourth-order valence-corrected chi connectivity index (χ4v) is 2.26. The molecule has 0 spiro atoms. The molecule has 0 aliphatic heterocycles. The third-order valence-electron chi connectivity index (χ3n) is 3.19. The standard InChI is InChI=1S/C15H19N3O/c1-11(12-8-6-5-7-9-12)18-14(15(2,3)4)13(10-19)16-17-18/h5-11H,1-4H3. The molecule has 0 amide bonds. The van der Waals surface area contributed by atoms with Gasteiger partial charge in [-0.2, -0.15) is 0 Å². The van der Waals surface area contributed by atoms with Crippen LogP contribution in [0.25, 0.3) is 0 Å². The number of nitrogens with zero attached hydrogens (tertiary/aromatic N) is 3. The van der Waals surface area contributed by atoms with Gasteiger partial charge in [0.1, 0.15) is 5.69 Å². The van der Waals surface area contributed by atoms with Crippen LogP contribution >= 0.6 is 0 Å². The number of aromatic nitrogens is 3. The average Bonchev–Trinajstić information content (AvgIpc) is 2.82. The van der Waals surface area contributed by atoms with Gasteiger partial charge in [0.25, 0.3) is 0 Å². The Hall–Kier alpha value is -1.97. The van der Waals surface area contributed by atoms with Crippen molar-refractivity contribution in [3.8, 4) is 0 Å². The minimum atomic E-state index is -0.178. The predicted molar refractivity (Wildman–Crippen MR) is 74.4 cm³/mol. The van der Waals surface area contributed by atoms with Crippen molar-refractivity contribution in [3.63, 3.8) is 0 Å². The van der Waals surface area contributed by atoms with Crippen LogP contribution in [0.3, 0.4) is 0 Å². The quantitative estimate of drug-likeness (QED) is 0.794. The Morgan fingerprint density at radius 3 is 2.37 bits per heavy atom. The smallest absolute Gasteiger partial charge is 0.172 e. The molecule has 1 aromatic carbocycles. The van der Waals surface area contributed by atoms with E-state index in [1.807, 2.05) is 22.9 Å². The van der Waals surface area contributed by atoms with Gasteiger partial charge in [-0.3, -0.25) is 4.79 Å². The highest BCUT2D eigenvalue weighted by atomic mass is 16.1. The van der Waals surface area contributed by atoms with Gasteiger partial charge in [0.2, 0.25) is 0 Å². The van der Waals surface area contributed by atoms with Crippen molar-refractivity contribution in [2.24, 2.45) is 0 Å². The first-order valence-corrected chi connectivity index (χ1v) is 6.41. The van der Waals surface area contributed by atoms with E-state index in [9.17, 15) is 4.79 Å². The lowest BCUT2D eigenvalue weighted by molar-refractivity contribution is 0.111. The third kappa shape index (κ3) is 2.57. The van der Waals surface area contributed by atoms with Gasteiger partial charge >= 0.3 is 0 Å². The normalized spacial score (nSPS) is 13.3. The van der Waals surface area contributed by atoms with Gasteiger partial charge in [-0.05, 0) is 12.5 Å². The molecule has 0 aliphatic carbocycles. The van der Waals surface area contributed by atoms with E-state index in [1.54, 1.807) is 0 Å². The SMILES string of the molecule is CC(c1ccccc1)n1nnc(C=O)c1C(C)(C)C. The molecule has 0 saturated heterocycles. The van der Waals surface area contributed by atoms with Crippen LogP contribution in [0.5, 0.6) is 0 Å². The van der Waals surface area contributed by atoms with Crippen molar-refractivity contribution < 1.29 is 4.79 Å². The summed E-state index contributed by atoms with van der Waals surface area (Å²) < 4.78 is 1.85. The van der Waals surface area contributed by atoms with E-state index in [1.165, 1.54) is 0 Å². The van der Waals surface area contributed by atoms with Crippen molar-refractivity contribution in [2.75, 3.05) is 0 Å². The number of aldehydes is 1. The van der Waals surface area contributed by atoms with E-state index in [4.69, 9.17) is 0 Å². The fraction of sp³-hybridized carbons (Fsp3) is 0.400. The van der Waals surface area contributed by atoms with Gasteiger partial charge in [-0.1, -0.05) is 56.3 Å². The summed E-state index contributed by atoms with van der Waals surface area (Å²) >= 11 is 0. The molecular formula is C15H19N3O. The van der Waals surface area contributed by atoms with E-state index in [0.29, 0.717) is 5.69 Å². The van der Waals surface area contributed by atoms with Gasteiger partial charge in [-0.15, -0.1) is 5.10 Å². The van der Waals surface area contributed by atoms with E-state index >= 15 is 0 Å². The van der Waals surface area contributed by atoms with Crippen LogP contribution in [0.1, 0.15) is 55.5 Å². The zero-order chi connectivity index (χ0) is 14.0. The molecule has 4 nitrogen and oxygen atoms in total. The average molecular weight is 257 g/mol. The van der Waals surface area contributed by atoms with Crippen molar-refractivity contribution in [2.45, 2.75) is 39.2 Å². The van der Waals surface area contributed by atoms with Crippen LogP contribution in [0.15, 0.2) is 30.3 Å². The summed E-state index contributed by atoms with van der Waals surface area (Å²) in [7, 11) is 0. The summed E-state index contributed by atoms with van der Waals surface area (Å²) in [6.45, 7) is 8.25. The Labute approximate surface area is 113 Å². The molecule has 2 rings (SSSR count). The number of benzene rings is 1. The Morgan fingerprint density at radius 1 is 1.21 bits per heavy atom. The second kappa shape index (κ2) is 4.96. The molecule has 19 heavy (non-hydrogen) atoms. The highest BCUT2D eigenvalue weighted by Gasteiger charge is 2.27. The number of hydrogen-bond acceptors (Lipinski definition) is 3. The molecule has 1 aromatic heterocycles. The summed E-state index contributed by atoms with van der Waals surface area (Å²) in [6.07, 6.45) is 0.780. The molecule has 0 fully saturated rings. The first-order valence-electron chi connectivity index (χ1n) is 6.41. The van der Waals surface area contributed by atoms with Crippen LogP contribution in [-0.2, 0) is 5.41 Å². The van der Waals surface area contributed by atoms with E-state index in [0.717, 1.165) is 17.5 Å². The van der Waals surface area contributed by atoms with E-state index in [2.05, 4.69) is 50.1 Å². The lowest BCUT2D eigenvalue weighted by Crippen LogP contribution is -2.22. The van der Waals surface area contributed by atoms with Crippen LogP contribution < -0.4 is 0 Å². The van der Waals surface area contributed by atoms with Crippen molar-refractivity contribution in [1.82, 2.24) is 15.0 Å². The van der Waals surface area contributed by atoms with Gasteiger partial charge in [0, 0.05) is 5.41 Å². The topological polar surface area (TPSA) is 47.8 Å². The maximum atomic E-state index is 11.1. The third-order valence-corrected chi connectivity index (χ3v) is 3.19. The maximum absolute atomic E-state index is 11.1. The molecule has 1 atom stereocenters.